The van der Waals surface area contributed by atoms with E-state index in [0.29, 0.717) is 6.42 Å². The summed E-state index contributed by atoms with van der Waals surface area (Å²) < 4.78 is 26.2. The minimum Gasteiger partial charge on any atom is -0.351 e. The van der Waals surface area contributed by atoms with Crippen LogP contribution in [0.1, 0.15) is 31.2 Å². The molecule has 7 heteroatoms. The first-order valence-corrected chi connectivity index (χ1v) is 8.23. The Bertz CT molecular complexity index is 619. The number of amides is 2. The van der Waals surface area contributed by atoms with Crippen LogP contribution in [0.2, 0.25) is 0 Å². The fraction of sp³-hybridized carbons (Fsp3) is 0.529. The SMILES string of the molecule is O=C(NCc1ccc(N2CCCCC2=O)cc1)C1CC(F)(F)CN1. The Morgan fingerprint density at radius 2 is 2.04 bits per heavy atom. The summed E-state index contributed by atoms with van der Waals surface area (Å²) in [4.78, 5) is 25.6. The third kappa shape index (κ3) is 3.90. The zero-order valence-corrected chi connectivity index (χ0v) is 13.4. The zero-order valence-electron chi connectivity index (χ0n) is 13.4. The molecule has 2 saturated heterocycles. The van der Waals surface area contributed by atoms with E-state index in [1.807, 2.05) is 24.3 Å². The molecule has 1 atom stereocenters. The molecule has 3 rings (SSSR count). The summed E-state index contributed by atoms with van der Waals surface area (Å²) in [5.74, 6) is -3.09. The average Bonchev–Trinajstić information content (AvgIpc) is 2.94. The van der Waals surface area contributed by atoms with Crippen LogP contribution >= 0.6 is 0 Å². The van der Waals surface area contributed by atoms with Crippen molar-refractivity contribution in [3.05, 3.63) is 29.8 Å². The Morgan fingerprint density at radius 1 is 1.29 bits per heavy atom. The minimum absolute atomic E-state index is 0.135. The highest BCUT2D eigenvalue weighted by Gasteiger charge is 2.42. The largest absolute Gasteiger partial charge is 0.351 e. The number of piperidine rings is 1. The van der Waals surface area contributed by atoms with E-state index >= 15 is 0 Å². The molecule has 0 radical (unpaired) electrons. The second-order valence-corrected chi connectivity index (χ2v) is 6.38. The number of alkyl halides is 2. The van der Waals surface area contributed by atoms with Crippen LogP contribution in [0.15, 0.2) is 24.3 Å². The van der Waals surface area contributed by atoms with Gasteiger partial charge in [0.25, 0.3) is 5.92 Å². The molecule has 0 aliphatic carbocycles. The van der Waals surface area contributed by atoms with Crippen molar-refractivity contribution in [2.45, 2.75) is 44.2 Å². The lowest BCUT2D eigenvalue weighted by Crippen LogP contribution is -2.40. The van der Waals surface area contributed by atoms with Crippen LogP contribution < -0.4 is 15.5 Å². The van der Waals surface area contributed by atoms with Crippen LogP contribution in [0, 0.1) is 0 Å². The number of hydrogen-bond donors (Lipinski definition) is 2. The molecular formula is C17H21F2N3O2. The predicted molar refractivity (Wildman–Crippen MR) is 85.8 cm³/mol. The van der Waals surface area contributed by atoms with Gasteiger partial charge in [0.15, 0.2) is 0 Å². The van der Waals surface area contributed by atoms with E-state index in [1.165, 1.54) is 0 Å². The molecule has 2 aliphatic heterocycles. The van der Waals surface area contributed by atoms with Gasteiger partial charge < -0.3 is 10.2 Å². The highest BCUT2D eigenvalue weighted by Crippen LogP contribution is 2.25. The monoisotopic (exact) mass is 337 g/mol. The van der Waals surface area contributed by atoms with Crippen molar-refractivity contribution in [2.24, 2.45) is 0 Å². The van der Waals surface area contributed by atoms with Gasteiger partial charge in [-0.3, -0.25) is 14.9 Å². The Labute approximate surface area is 139 Å². The van der Waals surface area contributed by atoms with E-state index in [-0.39, 0.29) is 12.5 Å². The number of halogens is 2. The van der Waals surface area contributed by atoms with Crippen molar-refractivity contribution in [1.29, 1.82) is 0 Å². The molecular weight excluding hydrogens is 316 g/mol. The van der Waals surface area contributed by atoms with E-state index in [2.05, 4.69) is 10.6 Å². The number of carbonyl (C=O) groups excluding carboxylic acids is 2. The number of carbonyl (C=O) groups is 2. The summed E-state index contributed by atoms with van der Waals surface area (Å²) in [5.41, 5.74) is 1.72. The Balaban J connectivity index is 1.53. The maximum atomic E-state index is 13.1. The molecule has 1 unspecified atom stereocenters. The third-order valence-electron chi connectivity index (χ3n) is 4.46. The van der Waals surface area contributed by atoms with Gasteiger partial charge in [-0.25, -0.2) is 8.78 Å². The maximum Gasteiger partial charge on any atom is 0.262 e. The van der Waals surface area contributed by atoms with Crippen LogP contribution in [0.4, 0.5) is 14.5 Å². The zero-order chi connectivity index (χ0) is 17.2. The first-order chi connectivity index (χ1) is 11.4. The minimum atomic E-state index is -2.81. The Hall–Kier alpha value is -2.02. The lowest BCUT2D eigenvalue weighted by Gasteiger charge is -2.26. The Morgan fingerprint density at radius 3 is 2.67 bits per heavy atom. The summed E-state index contributed by atoms with van der Waals surface area (Å²) in [7, 11) is 0. The van der Waals surface area contributed by atoms with E-state index in [4.69, 9.17) is 0 Å². The van der Waals surface area contributed by atoms with Gasteiger partial charge in [-0.1, -0.05) is 12.1 Å². The normalized spacial score (nSPS) is 23.3. The average molecular weight is 337 g/mol. The molecule has 1 aromatic carbocycles. The van der Waals surface area contributed by atoms with E-state index in [1.54, 1.807) is 4.90 Å². The summed E-state index contributed by atoms with van der Waals surface area (Å²) in [5, 5.41) is 5.20. The van der Waals surface area contributed by atoms with Crippen LogP contribution in [-0.4, -0.2) is 36.9 Å². The van der Waals surface area contributed by atoms with Crippen LogP contribution in [-0.2, 0) is 16.1 Å². The van der Waals surface area contributed by atoms with Gasteiger partial charge in [-0.05, 0) is 30.5 Å². The molecule has 2 N–H and O–H groups in total. The number of hydrogen-bond acceptors (Lipinski definition) is 3. The molecule has 0 saturated carbocycles. The molecule has 5 nitrogen and oxygen atoms in total. The van der Waals surface area contributed by atoms with Crippen LogP contribution in [0.25, 0.3) is 0 Å². The van der Waals surface area contributed by atoms with Crippen molar-refractivity contribution in [3.63, 3.8) is 0 Å². The van der Waals surface area contributed by atoms with Gasteiger partial charge >= 0.3 is 0 Å². The fourth-order valence-corrected chi connectivity index (χ4v) is 3.09. The standard InChI is InChI=1S/C17H21F2N3O2/c18-17(19)9-14(21-11-17)16(24)20-10-12-4-6-13(7-5-12)22-8-2-1-3-15(22)23/h4-7,14,21H,1-3,8-11H2,(H,20,24). The van der Waals surface area contributed by atoms with E-state index < -0.39 is 30.8 Å². The molecule has 0 aromatic heterocycles. The predicted octanol–water partition coefficient (Wildman–Crippen LogP) is 1.82. The summed E-state index contributed by atoms with van der Waals surface area (Å²) in [6.07, 6.45) is 2.06. The maximum absolute atomic E-state index is 13.1. The molecule has 2 aliphatic rings. The number of anilines is 1. The first-order valence-electron chi connectivity index (χ1n) is 8.23. The topological polar surface area (TPSA) is 61.4 Å². The van der Waals surface area contributed by atoms with Crippen molar-refractivity contribution in [3.8, 4) is 0 Å². The molecule has 0 spiro atoms. The van der Waals surface area contributed by atoms with Gasteiger partial charge in [0.05, 0.1) is 12.6 Å². The second kappa shape index (κ2) is 6.84. The lowest BCUT2D eigenvalue weighted by molar-refractivity contribution is -0.123. The third-order valence-corrected chi connectivity index (χ3v) is 4.46. The second-order valence-electron chi connectivity index (χ2n) is 6.38. The van der Waals surface area contributed by atoms with Crippen molar-refractivity contribution >= 4 is 17.5 Å². The first kappa shape index (κ1) is 16.8. The molecule has 2 fully saturated rings. The van der Waals surface area contributed by atoms with Gasteiger partial charge in [-0.2, -0.15) is 0 Å². The lowest BCUT2D eigenvalue weighted by atomic mass is 10.1. The number of nitrogens with zero attached hydrogens (tertiary/aromatic N) is 1. The van der Waals surface area contributed by atoms with Gasteiger partial charge in [0, 0.05) is 31.6 Å². The molecule has 2 amide bonds. The van der Waals surface area contributed by atoms with Gasteiger partial charge in [0.1, 0.15) is 0 Å². The van der Waals surface area contributed by atoms with E-state index in [0.717, 1.165) is 30.6 Å². The molecule has 0 bridgehead atoms. The van der Waals surface area contributed by atoms with Crippen LogP contribution in [0.3, 0.4) is 0 Å². The van der Waals surface area contributed by atoms with Crippen LogP contribution in [0.5, 0.6) is 0 Å². The Kier molecular flexibility index (Phi) is 4.80. The number of benzene rings is 1. The van der Waals surface area contributed by atoms with Crippen molar-refractivity contribution in [1.82, 2.24) is 10.6 Å². The van der Waals surface area contributed by atoms with Crippen molar-refractivity contribution in [2.75, 3.05) is 18.0 Å². The van der Waals surface area contributed by atoms with Gasteiger partial charge in [-0.15, -0.1) is 0 Å². The smallest absolute Gasteiger partial charge is 0.262 e. The fourth-order valence-electron chi connectivity index (χ4n) is 3.09. The highest BCUT2D eigenvalue weighted by atomic mass is 19.3. The molecule has 130 valence electrons. The van der Waals surface area contributed by atoms with Gasteiger partial charge in [0.2, 0.25) is 11.8 Å². The van der Waals surface area contributed by atoms with E-state index in [9.17, 15) is 18.4 Å². The summed E-state index contributed by atoms with van der Waals surface area (Å²) in [6, 6.07) is 6.55. The summed E-state index contributed by atoms with van der Waals surface area (Å²) in [6.45, 7) is 0.553. The quantitative estimate of drug-likeness (QED) is 0.881. The number of nitrogens with one attached hydrogen (secondary N) is 2. The molecule has 1 aromatic rings. The van der Waals surface area contributed by atoms with Crippen molar-refractivity contribution < 1.29 is 18.4 Å². The molecule has 2 heterocycles. The highest BCUT2D eigenvalue weighted by molar-refractivity contribution is 5.93. The molecule has 24 heavy (non-hydrogen) atoms. The summed E-state index contributed by atoms with van der Waals surface area (Å²) >= 11 is 0. The number of rotatable bonds is 4.